The zero-order valence-corrected chi connectivity index (χ0v) is 20.3. The molecule has 11 heteroatoms. The molecule has 2 N–H and O–H groups in total. The number of nitro groups is 1. The summed E-state index contributed by atoms with van der Waals surface area (Å²) < 4.78 is 5.31. The van der Waals surface area contributed by atoms with E-state index in [1.54, 1.807) is 43.3 Å². The van der Waals surface area contributed by atoms with Gasteiger partial charge < -0.3 is 10.1 Å². The van der Waals surface area contributed by atoms with Crippen LogP contribution in [0.25, 0.3) is 6.08 Å². The number of halogens is 1. The molecule has 0 heterocycles. The molecule has 3 aromatic carbocycles. The number of carbonyl (C=O) groups excluding carboxylic acids is 3. The van der Waals surface area contributed by atoms with Crippen molar-refractivity contribution in [3.63, 3.8) is 0 Å². The van der Waals surface area contributed by atoms with Crippen molar-refractivity contribution in [3.05, 3.63) is 105 Å². The SMILES string of the molecule is CCC(=O)Nc1ccc(C(=O)N/N=C/c2cc([N+](=O)[O-])ccc2OC(=O)/C=C/c2ccc(Cl)cc2)cc1. The molecule has 0 unspecified atom stereocenters. The number of non-ortho nitro benzene ring substituents is 1. The predicted molar refractivity (Wildman–Crippen MR) is 140 cm³/mol. The van der Waals surface area contributed by atoms with Crippen molar-refractivity contribution in [2.24, 2.45) is 5.10 Å². The number of nitro benzene ring substituents is 1. The summed E-state index contributed by atoms with van der Waals surface area (Å²) in [5.74, 6) is -1.43. The first-order valence-electron chi connectivity index (χ1n) is 10.9. The monoisotopic (exact) mass is 520 g/mol. The van der Waals surface area contributed by atoms with Gasteiger partial charge in [-0.1, -0.05) is 30.7 Å². The van der Waals surface area contributed by atoms with Crippen molar-refractivity contribution in [2.45, 2.75) is 13.3 Å². The van der Waals surface area contributed by atoms with Gasteiger partial charge in [-0.15, -0.1) is 0 Å². The number of carbonyl (C=O) groups is 3. The molecule has 0 saturated carbocycles. The molecule has 0 aromatic heterocycles. The van der Waals surface area contributed by atoms with Gasteiger partial charge >= 0.3 is 5.97 Å². The van der Waals surface area contributed by atoms with Gasteiger partial charge in [-0.2, -0.15) is 5.10 Å². The van der Waals surface area contributed by atoms with Gasteiger partial charge in [0, 0.05) is 46.5 Å². The zero-order chi connectivity index (χ0) is 26.8. The average Bonchev–Trinajstić information content (AvgIpc) is 2.89. The Morgan fingerprint density at radius 3 is 2.41 bits per heavy atom. The molecule has 37 heavy (non-hydrogen) atoms. The molecule has 0 saturated heterocycles. The minimum atomic E-state index is -0.724. The van der Waals surface area contributed by atoms with Crippen molar-refractivity contribution in [1.29, 1.82) is 0 Å². The quantitative estimate of drug-likeness (QED) is 0.102. The fraction of sp³-hybridized carbons (Fsp3) is 0.0769. The van der Waals surface area contributed by atoms with Crippen LogP contribution in [0.1, 0.15) is 34.8 Å². The molecule has 2 amide bonds. The van der Waals surface area contributed by atoms with Gasteiger partial charge in [0.2, 0.25) is 5.91 Å². The van der Waals surface area contributed by atoms with Gasteiger partial charge in [-0.3, -0.25) is 19.7 Å². The van der Waals surface area contributed by atoms with E-state index in [-0.39, 0.29) is 28.5 Å². The summed E-state index contributed by atoms with van der Waals surface area (Å²) in [7, 11) is 0. The maximum absolute atomic E-state index is 12.4. The fourth-order valence-electron chi connectivity index (χ4n) is 2.90. The van der Waals surface area contributed by atoms with Crippen LogP contribution in [0.4, 0.5) is 11.4 Å². The van der Waals surface area contributed by atoms with Crippen LogP contribution in [0, 0.1) is 10.1 Å². The Kier molecular flexibility index (Phi) is 9.23. The molecule has 0 radical (unpaired) electrons. The molecule has 0 aliphatic carbocycles. The molecule has 188 valence electrons. The largest absolute Gasteiger partial charge is 0.423 e. The Bertz CT molecular complexity index is 1370. The molecular formula is C26H21ClN4O6. The Morgan fingerprint density at radius 2 is 1.76 bits per heavy atom. The Labute approximate surface area is 216 Å². The van der Waals surface area contributed by atoms with Gasteiger partial charge in [0.25, 0.3) is 11.6 Å². The number of esters is 1. The number of hydrogen-bond acceptors (Lipinski definition) is 7. The van der Waals surface area contributed by atoms with Crippen molar-refractivity contribution in [3.8, 4) is 5.75 Å². The lowest BCUT2D eigenvalue weighted by Gasteiger charge is -2.06. The van der Waals surface area contributed by atoms with Crippen molar-refractivity contribution < 1.29 is 24.0 Å². The minimum absolute atomic E-state index is 0.00498. The summed E-state index contributed by atoms with van der Waals surface area (Å²) in [5.41, 5.74) is 3.68. The topological polar surface area (TPSA) is 140 Å². The van der Waals surface area contributed by atoms with Crippen molar-refractivity contribution in [2.75, 3.05) is 5.32 Å². The van der Waals surface area contributed by atoms with E-state index in [0.717, 1.165) is 17.8 Å². The molecule has 0 aliphatic heterocycles. The lowest BCUT2D eigenvalue weighted by Crippen LogP contribution is -2.18. The minimum Gasteiger partial charge on any atom is -0.423 e. The van der Waals surface area contributed by atoms with Crippen molar-refractivity contribution >= 4 is 53.0 Å². The maximum Gasteiger partial charge on any atom is 0.336 e. The van der Waals surface area contributed by atoms with E-state index in [4.69, 9.17) is 16.3 Å². The number of nitrogens with one attached hydrogen (secondary N) is 2. The van der Waals surface area contributed by atoms with E-state index in [9.17, 15) is 24.5 Å². The lowest BCUT2D eigenvalue weighted by atomic mass is 10.2. The van der Waals surface area contributed by atoms with E-state index in [1.807, 2.05) is 0 Å². The van der Waals surface area contributed by atoms with Gasteiger partial charge in [0.15, 0.2) is 0 Å². The van der Waals surface area contributed by atoms with E-state index in [0.29, 0.717) is 17.1 Å². The first-order valence-corrected chi connectivity index (χ1v) is 11.3. The Balaban J connectivity index is 1.70. The molecule has 0 fully saturated rings. The Morgan fingerprint density at radius 1 is 1.05 bits per heavy atom. The number of nitrogens with zero attached hydrogens (tertiary/aromatic N) is 2. The molecule has 0 aliphatic rings. The van der Waals surface area contributed by atoms with E-state index < -0.39 is 16.8 Å². The average molecular weight is 521 g/mol. The van der Waals surface area contributed by atoms with Crippen LogP contribution in [0.3, 0.4) is 0 Å². The highest BCUT2D eigenvalue weighted by Gasteiger charge is 2.13. The summed E-state index contributed by atoms with van der Waals surface area (Å²) in [4.78, 5) is 46.7. The fourth-order valence-corrected chi connectivity index (χ4v) is 3.03. The standard InChI is InChI=1S/C26H21ClN4O6/c1-2-24(32)29-21-10-6-18(7-11-21)26(34)30-28-16-19-15-22(31(35)36)12-13-23(19)37-25(33)14-5-17-3-8-20(27)9-4-17/h3-16H,2H2,1H3,(H,29,32)(H,30,34)/b14-5+,28-16+. The summed E-state index contributed by atoms with van der Waals surface area (Å²) in [5, 5.41) is 18.2. The van der Waals surface area contributed by atoms with Crippen LogP contribution in [-0.2, 0) is 9.59 Å². The highest BCUT2D eigenvalue weighted by atomic mass is 35.5. The zero-order valence-electron chi connectivity index (χ0n) is 19.5. The van der Waals surface area contributed by atoms with Crippen LogP contribution in [0.2, 0.25) is 5.02 Å². The third-order valence-corrected chi connectivity index (χ3v) is 5.07. The smallest absolute Gasteiger partial charge is 0.336 e. The first-order chi connectivity index (χ1) is 17.7. The second kappa shape index (κ2) is 12.8. The maximum atomic E-state index is 12.4. The van der Waals surface area contributed by atoms with Gasteiger partial charge in [0.1, 0.15) is 5.75 Å². The number of benzene rings is 3. The number of rotatable bonds is 9. The second-order valence-corrected chi connectivity index (χ2v) is 7.90. The number of hydrazone groups is 1. The molecule has 0 spiro atoms. The number of amides is 2. The molecule has 3 rings (SSSR count). The van der Waals surface area contributed by atoms with Crippen LogP contribution in [0.5, 0.6) is 5.75 Å². The summed E-state index contributed by atoms with van der Waals surface area (Å²) in [6.45, 7) is 1.72. The third-order valence-electron chi connectivity index (χ3n) is 4.82. The molecule has 10 nitrogen and oxygen atoms in total. The second-order valence-electron chi connectivity index (χ2n) is 7.46. The van der Waals surface area contributed by atoms with E-state index in [1.165, 1.54) is 36.4 Å². The Hall–Kier alpha value is -4.83. The van der Waals surface area contributed by atoms with E-state index >= 15 is 0 Å². The van der Waals surface area contributed by atoms with E-state index in [2.05, 4.69) is 15.8 Å². The lowest BCUT2D eigenvalue weighted by molar-refractivity contribution is -0.384. The van der Waals surface area contributed by atoms with Gasteiger partial charge in [-0.25, -0.2) is 10.2 Å². The normalized spacial score (nSPS) is 10.9. The highest BCUT2D eigenvalue weighted by Crippen LogP contribution is 2.23. The van der Waals surface area contributed by atoms with Crippen LogP contribution in [-0.4, -0.2) is 28.9 Å². The number of ether oxygens (including phenoxy) is 1. The summed E-state index contributed by atoms with van der Waals surface area (Å²) in [6.07, 6.45) is 4.17. The van der Waals surface area contributed by atoms with Crippen molar-refractivity contribution in [1.82, 2.24) is 5.43 Å². The van der Waals surface area contributed by atoms with Crippen LogP contribution in [0.15, 0.2) is 77.9 Å². The van der Waals surface area contributed by atoms with Gasteiger partial charge in [-0.05, 0) is 54.1 Å². The number of hydrogen-bond donors (Lipinski definition) is 2. The number of anilines is 1. The molecule has 3 aromatic rings. The van der Waals surface area contributed by atoms with Gasteiger partial charge in [0.05, 0.1) is 11.1 Å². The first kappa shape index (κ1) is 26.8. The highest BCUT2D eigenvalue weighted by molar-refractivity contribution is 6.30. The van der Waals surface area contributed by atoms with Crippen LogP contribution >= 0.6 is 11.6 Å². The molecular weight excluding hydrogens is 500 g/mol. The summed E-state index contributed by atoms with van der Waals surface area (Å²) >= 11 is 5.84. The molecule has 0 atom stereocenters. The summed E-state index contributed by atoms with van der Waals surface area (Å²) in [6, 6.07) is 16.5. The predicted octanol–water partition coefficient (Wildman–Crippen LogP) is 4.98. The third kappa shape index (κ3) is 8.11. The molecule has 0 bridgehead atoms. The van der Waals surface area contributed by atoms with Crippen LogP contribution < -0.4 is 15.5 Å².